The first-order valence-corrected chi connectivity index (χ1v) is 9.29. The largest absolute Gasteiger partial charge is 0.504 e. The van der Waals surface area contributed by atoms with Crippen LogP contribution in [0.5, 0.6) is 17.2 Å². The van der Waals surface area contributed by atoms with Crippen LogP contribution in [0.3, 0.4) is 0 Å². The molecule has 0 aromatic heterocycles. The lowest BCUT2D eigenvalue weighted by Gasteiger charge is -2.16. The maximum atomic E-state index is 12.0. The third-order valence-corrected chi connectivity index (χ3v) is 4.34. The molecule has 0 fully saturated rings. The number of hydrogen-bond acceptors (Lipinski definition) is 5. The summed E-state index contributed by atoms with van der Waals surface area (Å²) in [4.78, 5) is 23.9. The summed E-state index contributed by atoms with van der Waals surface area (Å²) in [6.07, 6.45) is -0.204. The van der Waals surface area contributed by atoms with Crippen molar-refractivity contribution in [3.05, 3.63) is 46.5 Å². The molecular weight excluding hydrogens is 382 g/mol. The lowest BCUT2D eigenvalue weighted by Crippen LogP contribution is -2.18. The van der Waals surface area contributed by atoms with Crippen LogP contribution in [0.4, 0.5) is 5.69 Å². The van der Waals surface area contributed by atoms with E-state index in [0.29, 0.717) is 22.6 Å². The van der Waals surface area contributed by atoms with Crippen LogP contribution in [0.1, 0.15) is 43.6 Å². The summed E-state index contributed by atoms with van der Waals surface area (Å²) in [7, 11) is 0. The Kier molecular flexibility index (Phi) is 6.91. The normalized spacial score (nSPS) is 10.9. The second-order valence-electron chi connectivity index (χ2n) is 6.93. The molecular formula is C21H24ClNO5. The number of halogens is 1. The highest BCUT2D eigenvalue weighted by atomic mass is 35.5. The fraction of sp³-hybridized carbons (Fsp3) is 0.333. The Labute approximate surface area is 169 Å². The van der Waals surface area contributed by atoms with Gasteiger partial charge in [-0.2, -0.15) is 0 Å². The highest BCUT2D eigenvalue weighted by Crippen LogP contribution is 2.41. The number of phenolic OH excluding ortho intramolecular Hbond substituents is 1. The van der Waals surface area contributed by atoms with Gasteiger partial charge in [0.05, 0.1) is 22.4 Å². The van der Waals surface area contributed by atoms with E-state index in [9.17, 15) is 14.7 Å². The number of benzene rings is 2. The number of amides is 1. The quantitative estimate of drug-likeness (QED) is 0.502. The number of hydrogen-bond donors (Lipinski definition) is 2. The number of aromatic hydroxyl groups is 1. The fourth-order valence-corrected chi connectivity index (χ4v) is 2.45. The minimum atomic E-state index is -0.413. The molecule has 2 rings (SSSR count). The van der Waals surface area contributed by atoms with E-state index in [4.69, 9.17) is 21.1 Å². The van der Waals surface area contributed by atoms with Crippen molar-refractivity contribution in [1.29, 1.82) is 0 Å². The van der Waals surface area contributed by atoms with E-state index in [1.54, 1.807) is 58.9 Å². The molecule has 7 heteroatoms. The Morgan fingerprint density at radius 1 is 1.11 bits per heavy atom. The molecule has 0 spiro atoms. The summed E-state index contributed by atoms with van der Waals surface area (Å²) in [6, 6.07) is 7.96. The summed E-state index contributed by atoms with van der Waals surface area (Å²) in [6.45, 7) is 8.74. The molecule has 2 N–H and O–H groups in total. The predicted molar refractivity (Wildman–Crippen MR) is 108 cm³/mol. The molecule has 0 saturated heterocycles. The average molecular weight is 406 g/mol. The van der Waals surface area contributed by atoms with Crippen LogP contribution in [0.2, 0.25) is 5.02 Å². The zero-order valence-electron chi connectivity index (χ0n) is 16.5. The van der Waals surface area contributed by atoms with E-state index in [1.807, 2.05) is 0 Å². The van der Waals surface area contributed by atoms with Gasteiger partial charge in [-0.1, -0.05) is 25.4 Å². The molecule has 0 radical (unpaired) electrons. The van der Waals surface area contributed by atoms with Gasteiger partial charge in [-0.15, -0.1) is 0 Å². The van der Waals surface area contributed by atoms with Crippen LogP contribution in [0.25, 0.3) is 0 Å². The van der Waals surface area contributed by atoms with Gasteiger partial charge in [0.2, 0.25) is 5.91 Å². The SMILES string of the molecule is Cc1c(Oc2ccc(C(=O)OC(C)C)cc2)cc(NC(=O)C(C)C)c(O)c1Cl. The van der Waals surface area contributed by atoms with Gasteiger partial charge in [0.1, 0.15) is 11.5 Å². The van der Waals surface area contributed by atoms with Crippen molar-refractivity contribution >= 4 is 29.2 Å². The van der Waals surface area contributed by atoms with E-state index >= 15 is 0 Å². The van der Waals surface area contributed by atoms with Crippen LogP contribution < -0.4 is 10.1 Å². The summed E-state index contributed by atoms with van der Waals surface area (Å²) in [5, 5.41) is 12.9. The molecule has 28 heavy (non-hydrogen) atoms. The van der Waals surface area contributed by atoms with Gasteiger partial charge in [-0.05, 0) is 45.0 Å². The molecule has 0 unspecified atom stereocenters. The highest BCUT2D eigenvalue weighted by Gasteiger charge is 2.18. The van der Waals surface area contributed by atoms with E-state index in [2.05, 4.69) is 5.32 Å². The molecule has 2 aromatic rings. The molecule has 0 bridgehead atoms. The lowest BCUT2D eigenvalue weighted by molar-refractivity contribution is -0.118. The number of anilines is 1. The third-order valence-electron chi connectivity index (χ3n) is 3.88. The summed E-state index contributed by atoms with van der Waals surface area (Å²) in [5.41, 5.74) is 1.10. The van der Waals surface area contributed by atoms with Crippen molar-refractivity contribution < 1.29 is 24.2 Å². The van der Waals surface area contributed by atoms with Crippen LogP contribution in [0, 0.1) is 12.8 Å². The summed E-state index contributed by atoms with van der Waals surface area (Å²) >= 11 is 6.19. The minimum absolute atomic E-state index is 0.0914. The number of carbonyl (C=O) groups is 2. The Morgan fingerprint density at radius 2 is 1.71 bits per heavy atom. The fourth-order valence-electron chi connectivity index (χ4n) is 2.26. The number of nitrogens with one attached hydrogen (secondary N) is 1. The van der Waals surface area contributed by atoms with Gasteiger partial charge in [0, 0.05) is 17.5 Å². The van der Waals surface area contributed by atoms with Gasteiger partial charge >= 0.3 is 5.97 Å². The van der Waals surface area contributed by atoms with Crippen molar-refractivity contribution in [2.75, 3.05) is 5.32 Å². The van der Waals surface area contributed by atoms with Crippen LogP contribution in [0.15, 0.2) is 30.3 Å². The van der Waals surface area contributed by atoms with Crippen molar-refractivity contribution in [3.63, 3.8) is 0 Å². The molecule has 0 aliphatic heterocycles. The molecule has 0 aliphatic carbocycles. The Morgan fingerprint density at radius 3 is 2.25 bits per heavy atom. The minimum Gasteiger partial charge on any atom is -0.504 e. The second-order valence-corrected chi connectivity index (χ2v) is 7.31. The zero-order chi connectivity index (χ0) is 21.0. The summed E-state index contributed by atoms with van der Waals surface area (Å²) < 4.78 is 11.0. The molecule has 0 heterocycles. The van der Waals surface area contributed by atoms with Crippen LogP contribution >= 0.6 is 11.6 Å². The predicted octanol–water partition coefficient (Wildman–Crippen LogP) is 5.31. The Balaban J connectivity index is 2.27. The van der Waals surface area contributed by atoms with E-state index in [1.165, 1.54) is 6.07 Å². The van der Waals surface area contributed by atoms with Crippen molar-refractivity contribution in [2.45, 2.75) is 40.7 Å². The maximum Gasteiger partial charge on any atom is 0.338 e. The van der Waals surface area contributed by atoms with E-state index in [0.717, 1.165) is 0 Å². The molecule has 0 aliphatic rings. The standard InChI is InChI=1S/C21H24ClNO5/c1-11(2)20(25)23-16-10-17(13(5)18(22)19(16)24)28-15-8-6-14(7-9-15)21(26)27-12(3)4/h6-12,24H,1-5H3,(H,23,25). The van der Waals surface area contributed by atoms with Gasteiger partial charge in [-0.25, -0.2) is 4.79 Å². The second kappa shape index (κ2) is 8.97. The third kappa shape index (κ3) is 5.16. The number of ether oxygens (including phenoxy) is 2. The van der Waals surface area contributed by atoms with Gasteiger partial charge in [-0.3, -0.25) is 4.79 Å². The summed E-state index contributed by atoms with van der Waals surface area (Å²) in [5.74, 6) is -0.306. The first-order chi connectivity index (χ1) is 13.1. The smallest absolute Gasteiger partial charge is 0.338 e. The van der Waals surface area contributed by atoms with Gasteiger partial charge < -0.3 is 19.9 Å². The number of phenols is 1. The van der Waals surface area contributed by atoms with Crippen LogP contribution in [-0.4, -0.2) is 23.1 Å². The molecule has 0 atom stereocenters. The number of esters is 1. The topological polar surface area (TPSA) is 84.9 Å². The van der Waals surface area contributed by atoms with Gasteiger partial charge in [0.25, 0.3) is 0 Å². The molecule has 6 nitrogen and oxygen atoms in total. The number of rotatable bonds is 6. The van der Waals surface area contributed by atoms with E-state index in [-0.39, 0.29) is 34.4 Å². The highest BCUT2D eigenvalue weighted by molar-refractivity contribution is 6.33. The average Bonchev–Trinajstić information content (AvgIpc) is 2.63. The number of carbonyl (C=O) groups excluding carboxylic acids is 2. The lowest BCUT2D eigenvalue weighted by atomic mass is 10.1. The molecule has 0 saturated carbocycles. The Bertz CT molecular complexity index is 875. The molecule has 2 aromatic carbocycles. The maximum absolute atomic E-state index is 12.0. The zero-order valence-corrected chi connectivity index (χ0v) is 17.3. The Hall–Kier alpha value is -2.73. The van der Waals surface area contributed by atoms with E-state index < -0.39 is 5.97 Å². The van der Waals surface area contributed by atoms with Gasteiger partial charge in [0.15, 0.2) is 5.75 Å². The van der Waals surface area contributed by atoms with Crippen molar-refractivity contribution in [2.24, 2.45) is 5.92 Å². The van der Waals surface area contributed by atoms with Crippen LogP contribution in [-0.2, 0) is 9.53 Å². The molecule has 150 valence electrons. The monoisotopic (exact) mass is 405 g/mol. The van der Waals surface area contributed by atoms with Crippen molar-refractivity contribution in [1.82, 2.24) is 0 Å². The van der Waals surface area contributed by atoms with Crippen molar-refractivity contribution in [3.8, 4) is 17.2 Å². The first kappa shape index (κ1) is 21.6. The molecule has 1 amide bonds. The first-order valence-electron chi connectivity index (χ1n) is 8.92.